The lowest BCUT2D eigenvalue weighted by Crippen LogP contribution is -2.35. The van der Waals surface area contributed by atoms with E-state index in [-0.39, 0.29) is 11.8 Å². The Labute approximate surface area is 136 Å². The van der Waals surface area contributed by atoms with Gasteiger partial charge in [-0.3, -0.25) is 0 Å². The Morgan fingerprint density at radius 3 is 2.17 bits per heavy atom. The second-order valence-corrected chi connectivity index (χ2v) is 5.89. The first kappa shape index (κ1) is 19.9. The monoisotopic (exact) mass is 382 g/mol. The maximum absolute atomic E-state index is 13.6. The van der Waals surface area contributed by atoms with Crippen LogP contribution in [0.15, 0.2) is 22.0 Å². The van der Waals surface area contributed by atoms with Gasteiger partial charge >= 0.3 is 12.4 Å². The lowest BCUT2D eigenvalue weighted by Gasteiger charge is -2.18. The van der Waals surface area contributed by atoms with Crippen LogP contribution in [0.1, 0.15) is 0 Å². The number of aliphatic imine (C=N–C) groups is 1. The number of thioether (sulfide) groups is 1. The van der Waals surface area contributed by atoms with Gasteiger partial charge in [0.2, 0.25) is 5.84 Å². The lowest BCUT2D eigenvalue weighted by atomic mass is 10.3. The van der Waals surface area contributed by atoms with Gasteiger partial charge in [-0.05, 0) is 12.1 Å². The molecule has 0 amide bonds. The third kappa shape index (κ3) is 6.09. The highest BCUT2D eigenvalue weighted by Gasteiger charge is 2.38. The summed E-state index contributed by atoms with van der Waals surface area (Å²) >= 11 is 5.72. The van der Waals surface area contributed by atoms with Crippen molar-refractivity contribution in [1.29, 1.82) is 0 Å². The molecule has 0 radical (unpaired) electrons. The zero-order valence-corrected chi connectivity index (χ0v) is 13.3. The number of halogens is 8. The summed E-state index contributed by atoms with van der Waals surface area (Å²) in [5.74, 6) is -3.78. The van der Waals surface area contributed by atoms with Crippen LogP contribution in [0.25, 0.3) is 0 Å². The fourth-order valence-electron chi connectivity index (χ4n) is 1.41. The maximum atomic E-state index is 13.6. The van der Waals surface area contributed by atoms with Crippen molar-refractivity contribution in [3.63, 3.8) is 0 Å². The fourth-order valence-corrected chi connectivity index (χ4v) is 2.31. The van der Waals surface area contributed by atoms with Crippen molar-refractivity contribution < 1.29 is 30.7 Å². The van der Waals surface area contributed by atoms with Gasteiger partial charge in [-0.1, -0.05) is 11.6 Å². The van der Waals surface area contributed by atoms with E-state index in [1.807, 2.05) is 0 Å². The van der Waals surface area contributed by atoms with Crippen LogP contribution in [0.4, 0.5) is 36.4 Å². The van der Waals surface area contributed by atoms with Gasteiger partial charge in [0.25, 0.3) is 0 Å². The summed E-state index contributed by atoms with van der Waals surface area (Å²) < 4.78 is 88.6. The molecule has 0 fully saturated rings. The summed E-state index contributed by atoms with van der Waals surface area (Å²) in [5, 5.41) is -0.442. The predicted molar refractivity (Wildman–Crippen MR) is 75.0 cm³/mol. The van der Waals surface area contributed by atoms with Crippen LogP contribution in [-0.2, 0) is 0 Å². The van der Waals surface area contributed by atoms with Crippen LogP contribution in [0, 0.1) is 5.82 Å². The minimum Gasteiger partial charge on any atom is -0.359 e. The molecule has 0 aliphatic heterocycles. The number of nitrogens with zero attached hydrogens (tertiary/aromatic N) is 2. The van der Waals surface area contributed by atoms with Crippen molar-refractivity contribution in [3.8, 4) is 0 Å². The van der Waals surface area contributed by atoms with E-state index in [4.69, 9.17) is 11.6 Å². The van der Waals surface area contributed by atoms with Gasteiger partial charge in [-0.15, -0.1) is 11.8 Å². The Balaban J connectivity index is 3.26. The van der Waals surface area contributed by atoms with Crippen molar-refractivity contribution in [2.24, 2.45) is 4.99 Å². The third-order valence-corrected chi connectivity index (χ3v) is 3.69. The molecule has 1 rings (SSSR count). The molecule has 130 valence electrons. The first-order chi connectivity index (χ1) is 10.3. The summed E-state index contributed by atoms with van der Waals surface area (Å²) in [5.41, 5.74) is -0.473. The minimum atomic E-state index is -4.81. The fraction of sp³-hybridized carbons (Fsp3) is 0.417. The summed E-state index contributed by atoms with van der Waals surface area (Å²) in [4.78, 5) is 3.47. The molecule has 23 heavy (non-hydrogen) atoms. The van der Waals surface area contributed by atoms with Crippen molar-refractivity contribution in [2.75, 3.05) is 19.8 Å². The standard InChI is InChI=1S/C12H10ClF7N2S/c1-22(2)10(12(18,19)20)21-8-4-9(7(14)3-6(8)13)23-5-11(15,16)17/h3-4H,5H2,1-2H3. The van der Waals surface area contributed by atoms with E-state index in [0.29, 0.717) is 11.0 Å². The molecule has 0 aliphatic rings. The Bertz CT molecular complexity index is 596. The number of alkyl halides is 6. The number of benzene rings is 1. The highest BCUT2D eigenvalue weighted by molar-refractivity contribution is 7.99. The van der Waals surface area contributed by atoms with Crippen molar-refractivity contribution >= 4 is 34.9 Å². The topological polar surface area (TPSA) is 15.6 Å². The molecular formula is C12H10ClF7N2S. The summed E-state index contributed by atoms with van der Waals surface area (Å²) in [7, 11) is 2.17. The first-order valence-corrected chi connectivity index (χ1v) is 7.19. The smallest absolute Gasteiger partial charge is 0.359 e. The number of amidine groups is 1. The Morgan fingerprint density at radius 1 is 1.17 bits per heavy atom. The van der Waals surface area contributed by atoms with Crippen molar-refractivity contribution in [3.05, 3.63) is 23.0 Å². The van der Waals surface area contributed by atoms with Gasteiger partial charge in [-0.2, -0.15) is 26.3 Å². The van der Waals surface area contributed by atoms with Crippen molar-refractivity contribution in [1.82, 2.24) is 4.90 Å². The average Bonchev–Trinajstić information content (AvgIpc) is 2.33. The first-order valence-electron chi connectivity index (χ1n) is 5.83. The molecule has 0 N–H and O–H groups in total. The molecule has 0 aromatic heterocycles. The molecule has 0 spiro atoms. The van der Waals surface area contributed by atoms with E-state index < -0.39 is 45.4 Å². The summed E-state index contributed by atoms with van der Waals surface area (Å²) in [6.45, 7) is 0. The second-order valence-electron chi connectivity index (χ2n) is 4.47. The van der Waals surface area contributed by atoms with Gasteiger partial charge < -0.3 is 4.90 Å². The van der Waals surface area contributed by atoms with E-state index in [1.165, 1.54) is 0 Å². The molecule has 1 aromatic rings. The molecule has 0 saturated heterocycles. The predicted octanol–water partition coefficient (Wildman–Crippen LogP) is 5.29. The average molecular weight is 383 g/mol. The van der Waals surface area contributed by atoms with E-state index in [2.05, 4.69) is 4.99 Å². The highest BCUT2D eigenvalue weighted by Crippen LogP contribution is 2.36. The van der Waals surface area contributed by atoms with E-state index in [9.17, 15) is 30.7 Å². The molecule has 2 nitrogen and oxygen atoms in total. The molecule has 11 heteroatoms. The van der Waals surface area contributed by atoms with Crippen LogP contribution in [0.5, 0.6) is 0 Å². The SMILES string of the molecule is CN(C)C(=Nc1cc(SCC(F)(F)F)c(F)cc1Cl)C(F)(F)F. The van der Waals surface area contributed by atoms with E-state index >= 15 is 0 Å². The van der Waals surface area contributed by atoms with Gasteiger partial charge in [-0.25, -0.2) is 9.38 Å². The normalized spacial score (nSPS) is 13.4. The quantitative estimate of drug-likeness (QED) is 0.305. The Kier molecular flexibility index (Phi) is 6.19. The molecule has 0 bridgehead atoms. The van der Waals surface area contributed by atoms with Gasteiger partial charge in [0, 0.05) is 19.0 Å². The van der Waals surface area contributed by atoms with Gasteiger partial charge in [0.1, 0.15) is 5.82 Å². The summed E-state index contributed by atoms with van der Waals surface area (Å²) in [6, 6.07) is 1.38. The molecule has 0 unspecified atom stereocenters. The molecule has 1 aromatic carbocycles. The molecule has 0 heterocycles. The number of rotatable bonds is 3. The van der Waals surface area contributed by atoms with Gasteiger partial charge in [0.05, 0.1) is 16.5 Å². The number of hydrogen-bond acceptors (Lipinski definition) is 2. The number of hydrogen-bond donors (Lipinski definition) is 0. The molecule has 0 aliphatic carbocycles. The van der Waals surface area contributed by atoms with Crippen LogP contribution in [0.2, 0.25) is 5.02 Å². The van der Waals surface area contributed by atoms with Crippen LogP contribution >= 0.6 is 23.4 Å². The lowest BCUT2D eigenvalue weighted by molar-refractivity contribution is -0.105. The van der Waals surface area contributed by atoms with Crippen LogP contribution in [-0.4, -0.2) is 42.9 Å². The maximum Gasteiger partial charge on any atom is 0.449 e. The van der Waals surface area contributed by atoms with E-state index in [1.54, 1.807) is 0 Å². The van der Waals surface area contributed by atoms with Crippen LogP contribution < -0.4 is 0 Å². The molecule has 0 saturated carbocycles. The van der Waals surface area contributed by atoms with Crippen molar-refractivity contribution in [2.45, 2.75) is 17.2 Å². The Hall–Kier alpha value is -1.16. The second kappa shape index (κ2) is 7.16. The molecular weight excluding hydrogens is 373 g/mol. The van der Waals surface area contributed by atoms with Crippen LogP contribution in [0.3, 0.4) is 0 Å². The zero-order valence-electron chi connectivity index (χ0n) is 11.7. The minimum absolute atomic E-state index is 0.0971. The largest absolute Gasteiger partial charge is 0.449 e. The van der Waals surface area contributed by atoms with E-state index in [0.717, 1.165) is 20.2 Å². The van der Waals surface area contributed by atoms with Gasteiger partial charge in [0.15, 0.2) is 0 Å². The molecule has 0 atom stereocenters. The Morgan fingerprint density at radius 2 is 1.74 bits per heavy atom. The third-order valence-electron chi connectivity index (χ3n) is 2.30. The highest BCUT2D eigenvalue weighted by atomic mass is 35.5. The summed E-state index contributed by atoms with van der Waals surface area (Å²) in [6.07, 6.45) is -9.36. The zero-order chi connectivity index (χ0) is 18.0.